The minimum atomic E-state index is 0.410. The van der Waals surface area contributed by atoms with Crippen molar-refractivity contribution in [2.75, 3.05) is 5.73 Å². The van der Waals surface area contributed by atoms with E-state index >= 15 is 0 Å². The highest BCUT2D eigenvalue weighted by molar-refractivity contribution is 7.15. The molecule has 2 aromatic rings. The van der Waals surface area contributed by atoms with Crippen molar-refractivity contribution in [1.29, 1.82) is 0 Å². The maximum absolute atomic E-state index is 5.76. The molecule has 0 saturated carbocycles. The molecule has 0 unspecified atom stereocenters. The first-order valence-corrected chi connectivity index (χ1v) is 6.11. The number of hydrogen-bond acceptors (Lipinski definition) is 4. The fraction of sp³-hybridized carbons (Fsp3) is 0.455. The largest absolute Gasteiger partial charge is 0.375 e. The zero-order valence-electron chi connectivity index (χ0n) is 9.77. The molecule has 86 valence electrons. The summed E-state index contributed by atoms with van der Waals surface area (Å²) in [6.45, 7) is 4.27. The highest BCUT2D eigenvalue weighted by Gasteiger charge is 2.14. The number of nitrogens with two attached hydrogens (primary N) is 1. The van der Waals surface area contributed by atoms with Crippen LogP contribution >= 0.6 is 11.3 Å². The van der Waals surface area contributed by atoms with Crippen LogP contribution in [0.3, 0.4) is 0 Å². The quantitative estimate of drug-likeness (QED) is 0.888. The smallest absolute Gasteiger partial charge is 0.180 e. The lowest BCUT2D eigenvalue weighted by Gasteiger charge is -2.03. The van der Waals surface area contributed by atoms with E-state index in [1.807, 2.05) is 24.0 Å². The van der Waals surface area contributed by atoms with Gasteiger partial charge in [0, 0.05) is 24.5 Å². The molecule has 0 aliphatic rings. The zero-order valence-corrected chi connectivity index (χ0v) is 10.6. The molecule has 5 heteroatoms. The average molecular weight is 236 g/mol. The molecular weight excluding hydrogens is 220 g/mol. The molecule has 2 rings (SSSR count). The predicted octanol–water partition coefficient (Wildman–Crippen LogP) is 2.17. The van der Waals surface area contributed by atoms with Crippen LogP contribution in [-0.2, 0) is 13.5 Å². The number of aryl methyl sites for hydroxylation is 1. The summed E-state index contributed by atoms with van der Waals surface area (Å²) in [6, 6.07) is 2.03. The Morgan fingerprint density at radius 2 is 2.25 bits per heavy atom. The average Bonchev–Trinajstić information content (AvgIpc) is 2.74. The number of thiazole rings is 1. The van der Waals surface area contributed by atoms with Crippen molar-refractivity contribution in [1.82, 2.24) is 14.8 Å². The lowest BCUT2D eigenvalue weighted by molar-refractivity contribution is 0.747. The van der Waals surface area contributed by atoms with Gasteiger partial charge in [-0.3, -0.25) is 4.68 Å². The van der Waals surface area contributed by atoms with Crippen LogP contribution in [0.4, 0.5) is 5.13 Å². The normalized spacial score (nSPS) is 11.2. The first-order chi connectivity index (χ1) is 7.56. The zero-order chi connectivity index (χ0) is 11.7. The summed E-state index contributed by atoms with van der Waals surface area (Å²) in [5.74, 6) is 0.410. The van der Waals surface area contributed by atoms with E-state index in [9.17, 15) is 0 Å². The summed E-state index contributed by atoms with van der Waals surface area (Å²) in [7, 11) is 1.92. The summed E-state index contributed by atoms with van der Waals surface area (Å²) < 4.78 is 1.81. The first-order valence-electron chi connectivity index (χ1n) is 5.30. The molecule has 0 aromatic carbocycles. The molecule has 0 fully saturated rings. The fourth-order valence-electron chi connectivity index (χ4n) is 1.68. The van der Waals surface area contributed by atoms with Crippen LogP contribution in [0.5, 0.6) is 0 Å². The van der Waals surface area contributed by atoms with Crippen LogP contribution in [0.25, 0.3) is 0 Å². The molecule has 4 nitrogen and oxygen atoms in total. The van der Waals surface area contributed by atoms with Crippen LogP contribution in [0.15, 0.2) is 12.3 Å². The van der Waals surface area contributed by atoms with Gasteiger partial charge in [-0.15, -0.1) is 11.3 Å². The number of nitrogens with zero attached hydrogens (tertiary/aromatic N) is 3. The van der Waals surface area contributed by atoms with Gasteiger partial charge in [-0.2, -0.15) is 5.10 Å². The molecule has 0 saturated heterocycles. The Hall–Kier alpha value is -1.36. The summed E-state index contributed by atoms with van der Waals surface area (Å²) >= 11 is 1.56. The van der Waals surface area contributed by atoms with Crippen LogP contribution in [0, 0.1) is 0 Å². The van der Waals surface area contributed by atoms with Gasteiger partial charge in [-0.25, -0.2) is 4.98 Å². The van der Waals surface area contributed by atoms with Crippen LogP contribution in [-0.4, -0.2) is 14.8 Å². The van der Waals surface area contributed by atoms with Gasteiger partial charge in [0.25, 0.3) is 0 Å². The molecule has 0 aliphatic carbocycles. The van der Waals surface area contributed by atoms with E-state index in [2.05, 4.69) is 23.9 Å². The van der Waals surface area contributed by atoms with Crippen molar-refractivity contribution >= 4 is 16.5 Å². The summed E-state index contributed by atoms with van der Waals surface area (Å²) in [6.07, 6.45) is 2.78. The topological polar surface area (TPSA) is 56.7 Å². The van der Waals surface area contributed by atoms with Crippen LogP contribution < -0.4 is 5.73 Å². The van der Waals surface area contributed by atoms with Gasteiger partial charge in [-0.1, -0.05) is 13.8 Å². The predicted molar refractivity (Wildman–Crippen MR) is 66.6 cm³/mol. The number of anilines is 1. The molecule has 0 aliphatic heterocycles. The molecular formula is C11H16N4S. The van der Waals surface area contributed by atoms with E-state index in [-0.39, 0.29) is 0 Å². The Kier molecular flexibility index (Phi) is 2.96. The van der Waals surface area contributed by atoms with Crippen LogP contribution in [0.1, 0.15) is 36.0 Å². The van der Waals surface area contributed by atoms with Crippen molar-refractivity contribution in [2.24, 2.45) is 7.05 Å². The van der Waals surface area contributed by atoms with Gasteiger partial charge in [-0.05, 0) is 12.0 Å². The molecule has 2 N–H and O–H groups in total. The molecule has 2 heterocycles. The third-order valence-corrected chi connectivity index (χ3v) is 3.30. The molecule has 0 bridgehead atoms. The maximum Gasteiger partial charge on any atom is 0.180 e. The second kappa shape index (κ2) is 4.25. The monoisotopic (exact) mass is 236 g/mol. The van der Waals surface area contributed by atoms with E-state index < -0.39 is 0 Å². The molecule has 0 radical (unpaired) electrons. The molecule has 16 heavy (non-hydrogen) atoms. The molecule has 2 aromatic heterocycles. The van der Waals surface area contributed by atoms with Gasteiger partial charge in [0.2, 0.25) is 0 Å². The standard InChI is InChI=1S/C11H16N4S/c1-7(2)10-9(16-11(12)13-10)6-8-4-5-15(3)14-8/h4-5,7H,6H2,1-3H3,(H2,12,13). The number of aromatic nitrogens is 3. The summed E-state index contributed by atoms with van der Waals surface area (Å²) in [5, 5.41) is 5.02. The van der Waals surface area contributed by atoms with Crippen molar-refractivity contribution in [3.8, 4) is 0 Å². The number of hydrogen-bond donors (Lipinski definition) is 1. The SMILES string of the molecule is CC(C)c1nc(N)sc1Cc1ccn(C)n1. The Bertz CT molecular complexity index is 484. The Morgan fingerprint density at radius 1 is 1.50 bits per heavy atom. The minimum absolute atomic E-state index is 0.410. The van der Waals surface area contributed by atoms with E-state index in [4.69, 9.17) is 5.73 Å². The third kappa shape index (κ3) is 2.24. The Labute approximate surface area is 99.1 Å². The fourth-order valence-corrected chi connectivity index (χ4v) is 2.68. The molecule has 0 atom stereocenters. The first kappa shape index (κ1) is 11.1. The second-order valence-corrected chi connectivity index (χ2v) is 5.29. The van der Waals surface area contributed by atoms with Gasteiger partial charge in [0.05, 0.1) is 11.4 Å². The van der Waals surface area contributed by atoms with Crippen molar-refractivity contribution in [3.05, 3.63) is 28.5 Å². The highest BCUT2D eigenvalue weighted by atomic mass is 32.1. The lowest BCUT2D eigenvalue weighted by Crippen LogP contribution is -1.97. The van der Waals surface area contributed by atoms with E-state index in [0.29, 0.717) is 11.0 Å². The van der Waals surface area contributed by atoms with Crippen LogP contribution in [0.2, 0.25) is 0 Å². The molecule has 0 spiro atoms. The number of rotatable bonds is 3. The van der Waals surface area contributed by atoms with Gasteiger partial charge >= 0.3 is 0 Å². The van der Waals surface area contributed by atoms with Crippen molar-refractivity contribution in [2.45, 2.75) is 26.2 Å². The Balaban J connectivity index is 2.27. The highest BCUT2D eigenvalue weighted by Crippen LogP contribution is 2.28. The summed E-state index contributed by atoms with van der Waals surface area (Å²) in [5.41, 5.74) is 7.93. The Morgan fingerprint density at radius 3 is 2.81 bits per heavy atom. The van der Waals surface area contributed by atoms with E-state index in [1.54, 1.807) is 11.3 Å². The maximum atomic E-state index is 5.76. The van der Waals surface area contributed by atoms with Crippen molar-refractivity contribution < 1.29 is 0 Å². The summed E-state index contributed by atoms with van der Waals surface area (Å²) in [4.78, 5) is 5.60. The van der Waals surface area contributed by atoms with Gasteiger partial charge in [0.1, 0.15) is 0 Å². The minimum Gasteiger partial charge on any atom is -0.375 e. The third-order valence-electron chi connectivity index (χ3n) is 2.40. The van der Waals surface area contributed by atoms with E-state index in [1.165, 1.54) is 4.88 Å². The second-order valence-electron chi connectivity index (χ2n) is 4.17. The van der Waals surface area contributed by atoms with E-state index in [0.717, 1.165) is 17.8 Å². The van der Waals surface area contributed by atoms with Crippen molar-refractivity contribution in [3.63, 3.8) is 0 Å². The molecule has 0 amide bonds. The van der Waals surface area contributed by atoms with Gasteiger partial charge in [0.15, 0.2) is 5.13 Å². The number of nitrogen functional groups attached to an aromatic ring is 1. The van der Waals surface area contributed by atoms with Gasteiger partial charge < -0.3 is 5.73 Å². The lowest BCUT2D eigenvalue weighted by atomic mass is 10.1.